The zero-order chi connectivity index (χ0) is 19.6. The predicted octanol–water partition coefficient (Wildman–Crippen LogP) is 4.29. The number of carbonyl (C=O) groups is 2. The van der Waals surface area contributed by atoms with Crippen molar-refractivity contribution in [1.82, 2.24) is 10.6 Å². The van der Waals surface area contributed by atoms with E-state index in [2.05, 4.69) is 10.6 Å². The fourth-order valence-corrected chi connectivity index (χ4v) is 4.96. The molecule has 3 rings (SSSR count). The fourth-order valence-electron chi connectivity index (χ4n) is 2.81. The monoisotopic (exact) mass is 406 g/mol. The van der Waals surface area contributed by atoms with Crippen molar-refractivity contribution in [3.8, 4) is 0 Å². The summed E-state index contributed by atoms with van der Waals surface area (Å²) in [5.74, 6) is -0.0193. The highest BCUT2D eigenvalue weighted by molar-refractivity contribution is 7.98. The number of nitrogens with one attached hydrogen (secondary N) is 2. The first kappa shape index (κ1) is 19.4. The molecule has 0 bridgehead atoms. The van der Waals surface area contributed by atoms with Crippen molar-refractivity contribution >= 4 is 35.1 Å². The molecule has 5 nitrogen and oxygen atoms in total. The minimum atomic E-state index is -0.542. The third-order valence-electron chi connectivity index (χ3n) is 4.21. The number of carbonyl (C=O) groups excluding carboxylic acids is 2. The van der Waals surface area contributed by atoms with E-state index >= 15 is 0 Å². The van der Waals surface area contributed by atoms with Crippen LogP contribution in [0.3, 0.4) is 0 Å². The highest BCUT2D eigenvalue weighted by Crippen LogP contribution is 2.36. The number of esters is 1. The van der Waals surface area contributed by atoms with Crippen LogP contribution in [0.15, 0.2) is 46.5 Å². The zero-order valence-corrected chi connectivity index (χ0v) is 16.7. The Morgan fingerprint density at radius 2 is 2.00 bits per heavy atom. The van der Waals surface area contributed by atoms with Gasteiger partial charge in [-0.2, -0.15) is 0 Å². The van der Waals surface area contributed by atoms with Gasteiger partial charge in [0.25, 0.3) is 0 Å². The van der Waals surface area contributed by atoms with E-state index in [0.29, 0.717) is 17.0 Å². The van der Waals surface area contributed by atoms with Crippen molar-refractivity contribution in [3.05, 3.63) is 62.7 Å². The summed E-state index contributed by atoms with van der Waals surface area (Å²) in [6.07, 6.45) is 0. The second-order valence-corrected chi connectivity index (χ2v) is 8.37. The summed E-state index contributed by atoms with van der Waals surface area (Å²) >= 11 is 3.14. The molecule has 0 radical (unpaired) electrons. The molecular formula is C19H19FN2O3S2. The van der Waals surface area contributed by atoms with Gasteiger partial charge in [0.15, 0.2) is 0 Å². The smallest absolute Gasteiger partial charge is 0.338 e. The van der Waals surface area contributed by atoms with Gasteiger partial charge in [-0.15, -0.1) is 23.1 Å². The molecule has 2 heterocycles. The largest absolute Gasteiger partial charge is 0.466 e. The van der Waals surface area contributed by atoms with Crippen molar-refractivity contribution in [2.75, 3.05) is 7.11 Å². The molecule has 0 spiro atoms. The highest BCUT2D eigenvalue weighted by Gasteiger charge is 2.33. The van der Waals surface area contributed by atoms with E-state index in [1.165, 1.54) is 30.6 Å². The van der Waals surface area contributed by atoms with Gasteiger partial charge in [-0.1, -0.05) is 0 Å². The van der Waals surface area contributed by atoms with E-state index in [9.17, 15) is 14.0 Å². The fraction of sp³-hybridized carbons (Fsp3) is 0.263. The van der Waals surface area contributed by atoms with Crippen LogP contribution < -0.4 is 10.6 Å². The molecule has 27 heavy (non-hydrogen) atoms. The summed E-state index contributed by atoms with van der Waals surface area (Å²) in [4.78, 5) is 27.1. The van der Waals surface area contributed by atoms with Gasteiger partial charge in [-0.3, -0.25) is 0 Å². The van der Waals surface area contributed by atoms with E-state index in [1.54, 1.807) is 30.8 Å². The molecule has 0 saturated heterocycles. The highest BCUT2D eigenvalue weighted by atomic mass is 32.2. The number of halogens is 1. The first-order valence-electron chi connectivity index (χ1n) is 8.23. The topological polar surface area (TPSA) is 67.4 Å². The Hall–Kier alpha value is -2.32. The van der Waals surface area contributed by atoms with Crippen LogP contribution >= 0.6 is 23.1 Å². The van der Waals surface area contributed by atoms with Crippen LogP contribution in [0, 0.1) is 12.7 Å². The number of ether oxygens (including phenoxy) is 1. The molecule has 0 fully saturated rings. The molecule has 1 aliphatic rings. The number of thiophene rings is 1. The molecule has 2 aromatic rings. The van der Waals surface area contributed by atoms with Crippen LogP contribution in [0.4, 0.5) is 9.18 Å². The second-order valence-electron chi connectivity index (χ2n) is 6.03. The van der Waals surface area contributed by atoms with E-state index in [4.69, 9.17) is 4.74 Å². The number of rotatable bonds is 5. The summed E-state index contributed by atoms with van der Waals surface area (Å²) in [6, 6.07) is 7.49. The lowest BCUT2D eigenvalue weighted by atomic mass is 10.0. The number of urea groups is 1. The lowest BCUT2D eigenvalue weighted by Crippen LogP contribution is -2.45. The Labute approximate surface area is 165 Å². The third kappa shape index (κ3) is 4.33. The summed E-state index contributed by atoms with van der Waals surface area (Å²) in [6.45, 7) is 3.69. The number of aryl methyl sites for hydroxylation is 1. The van der Waals surface area contributed by atoms with Crippen molar-refractivity contribution in [1.29, 1.82) is 0 Å². The minimum Gasteiger partial charge on any atom is -0.466 e. The van der Waals surface area contributed by atoms with Gasteiger partial charge >= 0.3 is 12.0 Å². The van der Waals surface area contributed by atoms with Crippen molar-refractivity contribution in [2.45, 2.75) is 30.5 Å². The van der Waals surface area contributed by atoms with Crippen LogP contribution in [0.2, 0.25) is 0 Å². The van der Waals surface area contributed by atoms with E-state index < -0.39 is 12.0 Å². The van der Waals surface area contributed by atoms with E-state index in [1.807, 2.05) is 13.0 Å². The van der Waals surface area contributed by atoms with Crippen molar-refractivity contribution < 1.29 is 18.7 Å². The first-order valence-corrected chi connectivity index (χ1v) is 10.0. The summed E-state index contributed by atoms with van der Waals surface area (Å²) in [7, 11) is 1.32. The summed E-state index contributed by atoms with van der Waals surface area (Å²) < 4.78 is 17.9. The third-order valence-corrected chi connectivity index (χ3v) is 6.43. The normalized spacial score (nSPS) is 16.7. The lowest BCUT2D eigenvalue weighted by molar-refractivity contribution is -0.136. The molecule has 1 aromatic carbocycles. The summed E-state index contributed by atoms with van der Waals surface area (Å²) in [5, 5.41) is 5.42. The van der Waals surface area contributed by atoms with E-state index in [-0.39, 0.29) is 11.8 Å². The zero-order valence-electron chi connectivity index (χ0n) is 15.1. The first-order chi connectivity index (χ1) is 12.9. The Morgan fingerprint density at radius 3 is 2.67 bits per heavy atom. The van der Waals surface area contributed by atoms with Gasteiger partial charge in [0, 0.05) is 26.1 Å². The number of thioether (sulfide) groups is 1. The van der Waals surface area contributed by atoms with Gasteiger partial charge in [0.1, 0.15) is 5.82 Å². The Kier molecular flexibility index (Phi) is 5.86. The molecule has 2 N–H and O–H groups in total. The molecule has 2 amide bonds. The Bertz CT molecular complexity index is 906. The minimum absolute atomic E-state index is 0.257. The maximum absolute atomic E-state index is 13.0. The average Bonchev–Trinajstić information content (AvgIpc) is 3.01. The molecule has 0 aliphatic carbocycles. The van der Waals surface area contributed by atoms with Crippen molar-refractivity contribution in [3.63, 3.8) is 0 Å². The molecule has 0 saturated carbocycles. The number of hydrogen-bond donors (Lipinski definition) is 2. The summed E-state index contributed by atoms with van der Waals surface area (Å²) in [5.41, 5.74) is 2.00. The molecule has 1 aromatic heterocycles. The maximum atomic E-state index is 13.0. The quantitative estimate of drug-likeness (QED) is 0.574. The average molecular weight is 407 g/mol. The molecule has 8 heteroatoms. The standard InChI is InChI=1S/C19H19FN2O3S2/c1-10-16(18(23)25-3)17(22-19(24)21-10)15-8-12(11(2)27-15)9-26-14-6-4-13(20)5-7-14/h4-8,17H,9H2,1-3H3,(H2,21,22,24). The van der Waals surface area contributed by atoms with Gasteiger partial charge in [-0.05, 0) is 49.7 Å². The van der Waals surface area contributed by atoms with Gasteiger partial charge < -0.3 is 15.4 Å². The molecule has 142 valence electrons. The number of allylic oxidation sites excluding steroid dienone is 1. The van der Waals surface area contributed by atoms with E-state index in [0.717, 1.165) is 20.2 Å². The van der Waals surface area contributed by atoms with Gasteiger partial charge in [0.05, 0.1) is 18.7 Å². The lowest BCUT2D eigenvalue weighted by Gasteiger charge is -2.26. The van der Waals surface area contributed by atoms with Crippen LogP contribution in [0.5, 0.6) is 0 Å². The second kappa shape index (κ2) is 8.14. The molecule has 1 unspecified atom stereocenters. The molecule has 1 atom stereocenters. The van der Waals surface area contributed by atoms with Crippen LogP contribution in [0.1, 0.15) is 28.3 Å². The number of hydrogen-bond acceptors (Lipinski definition) is 5. The van der Waals surface area contributed by atoms with Gasteiger partial charge in [0.2, 0.25) is 0 Å². The number of benzene rings is 1. The van der Waals surface area contributed by atoms with Gasteiger partial charge in [-0.25, -0.2) is 14.0 Å². The van der Waals surface area contributed by atoms with Crippen molar-refractivity contribution in [2.24, 2.45) is 0 Å². The molecular weight excluding hydrogens is 387 g/mol. The SMILES string of the molecule is COC(=O)C1=C(C)NC(=O)NC1c1cc(CSc2ccc(F)cc2)c(C)s1. The number of amides is 2. The van der Waals surface area contributed by atoms with Crippen LogP contribution in [0.25, 0.3) is 0 Å². The maximum Gasteiger partial charge on any atom is 0.338 e. The Morgan fingerprint density at radius 1 is 1.30 bits per heavy atom. The number of methoxy groups -OCH3 is 1. The molecule has 1 aliphatic heterocycles. The van der Waals surface area contributed by atoms with Crippen LogP contribution in [-0.4, -0.2) is 19.1 Å². The Balaban J connectivity index is 1.83. The predicted molar refractivity (Wildman–Crippen MR) is 104 cm³/mol. The van der Waals surface area contributed by atoms with Crippen LogP contribution in [-0.2, 0) is 15.3 Å².